The van der Waals surface area contributed by atoms with Crippen molar-refractivity contribution in [3.8, 4) is 0 Å². The molecule has 2 fully saturated rings. The number of halogens is 1. The Morgan fingerprint density at radius 2 is 1.50 bits per heavy atom. The van der Waals surface area contributed by atoms with Gasteiger partial charge in [0.15, 0.2) is 0 Å². The molecule has 0 spiro atoms. The molecule has 1 atom stereocenters. The van der Waals surface area contributed by atoms with Gasteiger partial charge in [-0.1, -0.05) is 41.9 Å². The van der Waals surface area contributed by atoms with Gasteiger partial charge in [0.2, 0.25) is 11.8 Å². The Balaban J connectivity index is 1.23. The number of piperazine rings is 1. The van der Waals surface area contributed by atoms with Crippen LogP contribution in [-0.2, 0) is 16.0 Å². The molecule has 0 saturated carbocycles. The van der Waals surface area contributed by atoms with Gasteiger partial charge in [-0.25, -0.2) is 0 Å². The zero-order valence-corrected chi connectivity index (χ0v) is 20.3. The number of hydrogen-bond donors (Lipinski definition) is 0. The third-order valence-corrected chi connectivity index (χ3v) is 7.04. The number of likely N-dealkylation sites (tertiary alicyclic amines) is 1. The molecule has 0 N–H and O–H groups in total. The summed E-state index contributed by atoms with van der Waals surface area (Å²) in [5, 5.41) is 0.595. The van der Waals surface area contributed by atoms with Crippen LogP contribution in [0.25, 0.3) is 0 Å². The van der Waals surface area contributed by atoms with Gasteiger partial charge in [-0.2, -0.15) is 0 Å². The first-order valence-corrected chi connectivity index (χ1v) is 12.5. The summed E-state index contributed by atoms with van der Waals surface area (Å²) in [6.45, 7) is 3.39. The molecule has 0 bridgehead atoms. The molecule has 2 aromatic carbocycles. The summed E-state index contributed by atoms with van der Waals surface area (Å²) in [7, 11) is 0. The topological polar surface area (TPSA) is 60.9 Å². The molecule has 4 rings (SSSR count). The van der Waals surface area contributed by atoms with Crippen LogP contribution in [0, 0.1) is 5.92 Å². The van der Waals surface area contributed by atoms with Crippen molar-refractivity contribution in [2.45, 2.75) is 32.1 Å². The average Bonchev–Trinajstić information content (AvgIpc) is 2.89. The predicted molar refractivity (Wildman–Crippen MR) is 133 cm³/mol. The summed E-state index contributed by atoms with van der Waals surface area (Å²) in [4.78, 5) is 44.2. The normalized spacial score (nSPS) is 18.6. The highest BCUT2D eigenvalue weighted by atomic mass is 35.5. The number of aryl methyl sites for hydroxylation is 1. The fraction of sp³-hybridized carbons (Fsp3) is 0.444. The zero-order valence-electron chi connectivity index (χ0n) is 19.5. The monoisotopic (exact) mass is 481 g/mol. The van der Waals surface area contributed by atoms with Crippen LogP contribution in [0.2, 0.25) is 5.02 Å². The minimum absolute atomic E-state index is 0.0555. The molecule has 0 radical (unpaired) electrons. The Morgan fingerprint density at radius 3 is 2.21 bits per heavy atom. The molecule has 6 nitrogen and oxygen atoms in total. The van der Waals surface area contributed by atoms with Gasteiger partial charge < -0.3 is 14.7 Å². The number of amides is 3. The Bertz CT molecular complexity index is 988. The summed E-state index contributed by atoms with van der Waals surface area (Å²) in [6, 6.07) is 17.1. The van der Waals surface area contributed by atoms with Crippen LogP contribution in [0.3, 0.4) is 0 Å². The smallest absolute Gasteiger partial charge is 0.253 e. The largest absolute Gasteiger partial charge is 0.339 e. The summed E-state index contributed by atoms with van der Waals surface area (Å²) >= 11 is 5.93. The lowest BCUT2D eigenvalue weighted by Crippen LogP contribution is -2.54. The zero-order chi connectivity index (χ0) is 23.9. The summed E-state index contributed by atoms with van der Waals surface area (Å²) in [5.74, 6) is 0.0309. The molecule has 7 heteroatoms. The second-order valence-corrected chi connectivity index (χ2v) is 9.58. The number of benzene rings is 2. The minimum atomic E-state index is -0.182. The van der Waals surface area contributed by atoms with E-state index < -0.39 is 0 Å². The van der Waals surface area contributed by atoms with Gasteiger partial charge in [-0.3, -0.25) is 14.4 Å². The van der Waals surface area contributed by atoms with Crippen molar-refractivity contribution in [1.82, 2.24) is 14.7 Å². The van der Waals surface area contributed by atoms with Gasteiger partial charge in [0, 0.05) is 56.3 Å². The molecule has 2 aliphatic heterocycles. The third kappa shape index (κ3) is 6.17. The van der Waals surface area contributed by atoms with Crippen molar-refractivity contribution in [1.29, 1.82) is 0 Å². The molecule has 2 aromatic rings. The number of hydrogen-bond acceptors (Lipinski definition) is 3. The van der Waals surface area contributed by atoms with Gasteiger partial charge >= 0.3 is 0 Å². The van der Waals surface area contributed by atoms with E-state index in [1.54, 1.807) is 29.2 Å². The number of piperidine rings is 1. The molecule has 3 amide bonds. The standard InChI is InChI=1S/C27H32ClN3O3/c28-24-13-11-22(12-14-24)26(33)31-15-5-9-23(20-31)27(34)30-18-16-29(17-19-30)25(32)10-4-8-21-6-2-1-3-7-21/h1-3,6-7,11-14,23H,4-5,8-10,15-20H2. The molecular formula is C27H32ClN3O3. The van der Waals surface area contributed by atoms with E-state index >= 15 is 0 Å². The average molecular weight is 482 g/mol. The minimum Gasteiger partial charge on any atom is -0.339 e. The van der Waals surface area contributed by atoms with Crippen LogP contribution in [0.5, 0.6) is 0 Å². The van der Waals surface area contributed by atoms with E-state index in [2.05, 4.69) is 12.1 Å². The van der Waals surface area contributed by atoms with Crippen molar-refractivity contribution in [2.24, 2.45) is 5.92 Å². The third-order valence-electron chi connectivity index (χ3n) is 6.79. The van der Waals surface area contributed by atoms with Crippen LogP contribution in [-0.4, -0.2) is 71.7 Å². The molecule has 2 heterocycles. The second kappa shape index (κ2) is 11.5. The van der Waals surface area contributed by atoms with Gasteiger partial charge in [0.05, 0.1) is 5.92 Å². The summed E-state index contributed by atoms with van der Waals surface area (Å²) in [6.07, 6.45) is 3.88. The van der Waals surface area contributed by atoms with Crippen LogP contribution in [0.1, 0.15) is 41.6 Å². The number of rotatable bonds is 6. The maximum atomic E-state index is 13.2. The van der Waals surface area contributed by atoms with E-state index in [0.29, 0.717) is 56.3 Å². The molecule has 0 aliphatic carbocycles. The lowest BCUT2D eigenvalue weighted by atomic mass is 9.95. The fourth-order valence-electron chi connectivity index (χ4n) is 4.82. The van der Waals surface area contributed by atoms with E-state index in [-0.39, 0.29) is 23.6 Å². The van der Waals surface area contributed by atoms with Crippen molar-refractivity contribution >= 4 is 29.3 Å². The van der Waals surface area contributed by atoms with Gasteiger partial charge in [-0.05, 0) is 55.5 Å². The molecule has 2 aliphatic rings. The quantitative estimate of drug-likeness (QED) is 0.629. The van der Waals surface area contributed by atoms with Crippen molar-refractivity contribution in [3.63, 3.8) is 0 Å². The predicted octanol–water partition coefficient (Wildman–Crippen LogP) is 3.89. The van der Waals surface area contributed by atoms with Crippen LogP contribution >= 0.6 is 11.6 Å². The number of carbonyl (C=O) groups is 3. The first kappa shape index (κ1) is 24.3. The molecule has 1 unspecified atom stereocenters. The Hall–Kier alpha value is -2.86. The maximum absolute atomic E-state index is 13.2. The van der Waals surface area contributed by atoms with Crippen molar-refractivity contribution in [2.75, 3.05) is 39.3 Å². The van der Waals surface area contributed by atoms with Crippen LogP contribution in [0.4, 0.5) is 0 Å². The van der Waals surface area contributed by atoms with Crippen LogP contribution < -0.4 is 0 Å². The molecular weight excluding hydrogens is 450 g/mol. The van der Waals surface area contributed by atoms with E-state index in [4.69, 9.17) is 11.6 Å². The van der Waals surface area contributed by atoms with Gasteiger partial charge in [-0.15, -0.1) is 0 Å². The van der Waals surface area contributed by atoms with E-state index in [1.165, 1.54) is 5.56 Å². The highest BCUT2D eigenvalue weighted by Gasteiger charge is 2.33. The molecule has 2 saturated heterocycles. The lowest BCUT2D eigenvalue weighted by molar-refractivity contribution is -0.143. The van der Waals surface area contributed by atoms with Gasteiger partial charge in [0.1, 0.15) is 0 Å². The first-order chi connectivity index (χ1) is 16.5. The van der Waals surface area contributed by atoms with Gasteiger partial charge in [0.25, 0.3) is 5.91 Å². The van der Waals surface area contributed by atoms with Crippen molar-refractivity contribution < 1.29 is 14.4 Å². The van der Waals surface area contributed by atoms with Crippen molar-refractivity contribution in [3.05, 3.63) is 70.7 Å². The first-order valence-electron chi connectivity index (χ1n) is 12.2. The highest BCUT2D eigenvalue weighted by molar-refractivity contribution is 6.30. The maximum Gasteiger partial charge on any atom is 0.253 e. The van der Waals surface area contributed by atoms with E-state index in [9.17, 15) is 14.4 Å². The Labute approximate surface area is 206 Å². The number of nitrogens with zero attached hydrogens (tertiary/aromatic N) is 3. The summed E-state index contributed by atoms with van der Waals surface area (Å²) < 4.78 is 0. The second-order valence-electron chi connectivity index (χ2n) is 9.14. The fourth-order valence-corrected chi connectivity index (χ4v) is 4.95. The molecule has 180 valence electrons. The SMILES string of the molecule is O=C(CCCc1ccccc1)N1CCN(C(=O)C2CCCN(C(=O)c3ccc(Cl)cc3)C2)CC1. The summed E-state index contributed by atoms with van der Waals surface area (Å²) in [5.41, 5.74) is 1.85. The molecule has 0 aromatic heterocycles. The highest BCUT2D eigenvalue weighted by Crippen LogP contribution is 2.22. The Kier molecular flexibility index (Phi) is 8.22. The van der Waals surface area contributed by atoms with Crippen LogP contribution in [0.15, 0.2) is 54.6 Å². The Morgan fingerprint density at radius 1 is 0.824 bits per heavy atom. The van der Waals surface area contributed by atoms with E-state index in [1.807, 2.05) is 28.0 Å². The molecule has 34 heavy (non-hydrogen) atoms. The number of carbonyl (C=O) groups excluding carboxylic acids is 3. The lowest BCUT2D eigenvalue weighted by Gasteiger charge is -2.39. The van der Waals surface area contributed by atoms with E-state index in [0.717, 1.165) is 25.7 Å².